The topological polar surface area (TPSA) is 36.1 Å². The van der Waals surface area contributed by atoms with Gasteiger partial charge in [0.05, 0.1) is 22.1 Å². The van der Waals surface area contributed by atoms with Crippen molar-refractivity contribution >= 4 is 87.5 Å². The maximum atomic E-state index is 6.56. The lowest BCUT2D eigenvalue weighted by atomic mass is 10.0. The molecule has 0 unspecified atom stereocenters. The fourth-order valence-corrected chi connectivity index (χ4v) is 8.65. The molecule has 0 aliphatic carbocycles. The monoisotopic (exact) mass is 664 g/mol. The average molecular weight is 665 g/mol. The Morgan fingerprint density at radius 3 is 1.44 bits per heavy atom. The van der Waals surface area contributed by atoms with Gasteiger partial charge in [0.25, 0.3) is 0 Å². The van der Waals surface area contributed by atoms with Gasteiger partial charge in [-0.2, -0.15) is 0 Å². The molecule has 0 N–H and O–H groups in total. The molecule has 0 saturated carbocycles. The van der Waals surface area contributed by atoms with Gasteiger partial charge >= 0.3 is 0 Å². The van der Waals surface area contributed by atoms with E-state index in [-0.39, 0.29) is 0 Å². The van der Waals surface area contributed by atoms with Crippen LogP contribution in [-0.4, -0.2) is 9.13 Å². The summed E-state index contributed by atoms with van der Waals surface area (Å²) in [6.45, 7) is 0. The molecule has 0 aliphatic heterocycles. The molecule has 4 heterocycles. The third-order valence-electron chi connectivity index (χ3n) is 10.9. The molecule has 4 heteroatoms. The summed E-state index contributed by atoms with van der Waals surface area (Å²) in [5, 5.41) is 9.33. The van der Waals surface area contributed by atoms with E-state index >= 15 is 0 Å². The molecule has 0 saturated heterocycles. The number of fused-ring (bicyclic) bond motifs is 13. The van der Waals surface area contributed by atoms with Crippen LogP contribution in [0.15, 0.2) is 179 Å². The van der Waals surface area contributed by atoms with Crippen molar-refractivity contribution in [1.82, 2.24) is 9.13 Å². The molecule has 242 valence electrons. The first kappa shape index (κ1) is 27.7. The zero-order valence-corrected chi connectivity index (χ0v) is 27.9. The van der Waals surface area contributed by atoms with Crippen molar-refractivity contribution < 1.29 is 8.83 Å². The van der Waals surface area contributed by atoms with Crippen molar-refractivity contribution in [3.63, 3.8) is 0 Å². The highest BCUT2D eigenvalue weighted by Crippen LogP contribution is 2.42. The smallest absolute Gasteiger partial charge is 0.137 e. The molecule has 0 radical (unpaired) electrons. The number of furan rings is 2. The molecule has 4 aromatic heterocycles. The fourth-order valence-electron chi connectivity index (χ4n) is 8.65. The quantitative estimate of drug-likeness (QED) is 0.188. The Kier molecular flexibility index (Phi) is 5.47. The van der Waals surface area contributed by atoms with Gasteiger partial charge in [-0.05, 0) is 90.0 Å². The molecule has 52 heavy (non-hydrogen) atoms. The summed E-state index contributed by atoms with van der Waals surface area (Å²) in [5.74, 6) is 0. The minimum atomic E-state index is 0.857. The zero-order valence-electron chi connectivity index (χ0n) is 27.9. The summed E-state index contributed by atoms with van der Waals surface area (Å²) < 4.78 is 17.5. The van der Waals surface area contributed by atoms with Gasteiger partial charge in [0.15, 0.2) is 0 Å². The Labute approximate surface area is 296 Å². The van der Waals surface area contributed by atoms with Crippen molar-refractivity contribution in [2.24, 2.45) is 0 Å². The van der Waals surface area contributed by atoms with Crippen LogP contribution >= 0.6 is 0 Å². The predicted molar refractivity (Wildman–Crippen MR) is 215 cm³/mol. The number of nitrogens with zero attached hydrogens (tertiary/aromatic N) is 2. The number of hydrogen-bond acceptors (Lipinski definition) is 2. The van der Waals surface area contributed by atoms with Crippen molar-refractivity contribution in [1.29, 1.82) is 0 Å². The number of rotatable bonds is 3. The summed E-state index contributed by atoms with van der Waals surface area (Å²) in [6.07, 6.45) is 0. The summed E-state index contributed by atoms with van der Waals surface area (Å²) in [7, 11) is 0. The molecular weight excluding hydrogens is 637 g/mol. The van der Waals surface area contributed by atoms with Gasteiger partial charge in [-0.3, -0.25) is 0 Å². The molecule has 0 atom stereocenters. The highest BCUT2D eigenvalue weighted by Gasteiger charge is 2.19. The van der Waals surface area contributed by atoms with E-state index in [0.717, 1.165) is 60.6 Å². The molecule has 12 rings (SSSR count). The second kappa shape index (κ2) is 10.3. The van der Waals surface area contributed by atoms with E-state index < -0.39 is 0 Å². The third-order valence-corrected chi connectivity index (χ3v) is 10.9. The van der Waals surface area contributed by atoms with Crippen LogP contribution in [0, 0.1) is 0 Å². The Bertz CT molecular complexity index is 3410. The molecule has 0 spiro atoms. The molecular formula is C48H28N2O2. The second-order valence-corrected chi connectivity index (χ2v) is 13.7. The van der Waals surface area contributed by atoms with E-state index in [0.29, 0.717) is 0 Å². The van der Waals surface area contributed by atoms with Crippen LogP contribution in [0.4, 0.5) is 0 Å². The van der Waals surface area contributed by atoms with Gasteiger partial charge in [0, 0.05) is 60.5 Å². The molecule has 0 aliphatic rings. The Morgan fingerprint density at radius 1 is 0.288 bits per heavy atom. The van der Waals surface area contributed by atoms with Crippen LogP contribution < -0.4 is 0 Å². The molecule has 12 aromatic rings. The first-order valence-electron chi connectivity index (χ1n) is 17.7. The minimum Gasteiger partial charge on any atom is -0.456 e. The summed E-state index contributed by atoms with van der Waals surface area (Å²) in [6, 6.07) is 60.7. The van der Waals surface area contributed by atoms with Crippen LogP contribution in [-0.2, 0) is 0 Å². The molecule has 8 aromatic carbocycles. The molecule has 0 fully saturated rings. The Hall–Kier alpha value is -7.04. The number of aromatic nitrogens is 2. The van der Waals surface area contributed by atoms with Crippen molar-refractivity contribution in [3.8, 4) is 22.5 Å². The summed E-state index contributed by atoms with van der Waals surface area (Å²) in [4.78, 5) is 0. The van der Waals surface area contributed by atoms with Crippen LogP contribution in [0.5, 0.6) is 0 Å². The number of hydrogen-bond donors (Lipinski definition) is 0. The van der Waals surface area contributed by atoms with E-state index in [1.807, 2.05) is 24.3 Å². The van der Waals surface area contributed by atoms with Gasteiger partial charge in [0.2, 0.25) is 0 Å². The van der Waals surface area contributed by atoms with Crippen molar-refractivity contribution in [2.75, 3.05) is 0 Å². The minimum absolute atomic E-state index is 0.857. The van der Waals surface area contributed by atoms with E-state index in [1.54, 1.807) is 0 Å². The fraction of sp³-hybridized carbons (Fsp3) is 0. The largest absolute Gasteiger partial charge is 0.456 e. The standard InChI is InChI=1S/C48H28N2O2/c1-2-10-31(11-3-1)49-39-15-7-4-12-33(39)37-26-29(18-22-41(37)49)30-19-23-42-38(27-30)34-13-5-8-16-40(34)50(42)32-20-21-36-46(28-32)52-45-25-24-44-47(48(36)45)35-14-6-9-17-43(35)51-44/h1-28H. The first-order valence-corrected chi connectivity index (χ1v) is 17.7. The van der Waals surface area contributed by atoms with Crippen LogP contribution in [0.25, 0.3) is 110 Å². The van der Waals surface area contributed by atoms with Gasteiger partial charge in [-0.1, -0.05) is 84.9 Å². The van der Waals surface area contributed by atoms with Gasteiger partial charge in [-0.25, -0.2) is 0 Å². The molecule has 4 nitrogen and oxygen atoms in total. The summed E-state index contributed by atoms with van der Waals surface area (Å²) >= 11 is 0. The highest BCUT2D eigenvalue weighted by molar-refractivity contribution is 6.26. The van der Waals surface area contributed by atoms with Gasteiger partial charge in [0.1, 0.15) is 22.3 Å². The molecule has 0 amide bonds. The average Bonchev–Trinajstić information content (AvgIpc) is 3.95. The highest BCUT2D eigenvalue weighted by atomic mass is 16.3. The van der Waals surface area contributed by atoms with Crippen molar-refractivity contribution in [2.45, 2.75) is 0 Å². The first-order chi connectivity index (χ1) is 25.8. The van der Waals surface area contributed by atoms with E-state index in [1.165, 1.54) is 49.4 Å². The summed E-state index contributed by atoms with van der Waals surface area (Å²) in [5.41, 5.74) is 12.8. The van der Waals surface area contributed by atoms with E-state index in [2.05, 4.69) is 155 Å². The Morgan fingerprint density at radius 2 is 0.788 bits per heavy atom. The third kappa shape index (κ3) is 3.75. The normalized spacial score (nSPS) is 12.2. The lowest BCUT2D eigenvalue weighted by molar-refractivity contribution is 0.662. The van der Waals surface area contributed by atoms with E-state index in [4.69, 9.17) is 8.83 Å². The van der Waals surface area contributed by atoms with Crippen LogP contribution in [0.1, 0.15) is 0 Å². The van der Waals surface area contributed by atoms with Crippen molar-refractivity contribution in [3.05, 3.63) is 170 Å². The maximum Gasteiger partial charge on any atom is 0.137 e. The predicted octanol–water partition coefficient (Wildman–Crippen LogP) is 13.3. The van der Waals surface area contributed by atoms with Gasteiger partial charge in [-0.15, -0.1) is 0 Å². The lowest BCUT2D eigenvalue weighted by Crippen LogP contribution is -1.93. The zero-order chi connectivity index (χ0) is 33.9. The van der Waals surface area contributed by atoms with Gasteiger partial charge < -0.3 is 18.0 Å². The van der Waals surface area contributed by atoms with E-state index in [9.17, 15) is 0 Å². The maximum absolute atomic E-state index is 6.56. The number of para-hydroxylation sites is 4. The second-order valence-electron chi connectivity index (χ2n) is 13.7. The number of benzene rings is 8. The Balaban J connectivity index is 1.04. The lowest BCUT2D eigenvalue weighted by Gasteiger charge is -2.09. The SMILES string of the molecule is c1ccc(-n2c3ccccc3c3cc(-c4ccc5c(c4)c4ccccc4n5-c4ccc5c(c4)oc4ccc6oc7ccccc7c6c45)ccc32)cc1. The van der Waals surface area contributed by atoms with Crippen LogP contribution in [0.3, 0.4) is 0 Å². The molecule has 0 bridgehead atoms. The van der Waals surface area contributed by atoms with Crippen LogP contribution in [0.2, 0.25) is 0 Å².